The quantitative estimate of drug-likeness (QED) is 0.722. The Bertz CT molecular complexity index is 527. The number of nitrogens with one attached hydrogen (secondary N) is 1. The third-order valence-corrected chi connectivity index (χ3v) is 4.99. The molecule has 136 valence electrons. The normalized spacial score (nSPS) is 22.2. The van der Waals surface area contributed by atoms with Crippen molar-refractivity contribution in [1.29, 1.82) is 0 Å². The molecule has 0 amide bonds. The van der Waals surface area contributed by atoms with E-state index in [1.807, 2.05) is 6.92 Å². The fraction of sp³-hybridized carbons (Fsp3) is 0.765. The van der Waals surface area contributed by atoms with E-state index in [4.69, 9.17) is 14.2 Å². The number of nitrogens with zero attached hydrogens (tertiary/aromatic N) is 1. The molecule has 1 aliphatic rings. The molecule has 1 aliphatic carbocycles. The molecule has 0 spiro atoms. The summed E-state index contributed by atoms with van der Waals surface area (Å²) in [5, 5.41) is 4.40. The molecule has 0 aromatic carbocycles. The van der Waals surface area contributed by atoms with Crippen LogP contribution in [0.4, 0.5) is 0 Å². The minimum absolute atomic E-state index is 0.107. The van der Waals surface area contributed by atoms with Crippen LogP contribution >= 0.6 is 11.3 Å². The maximum Gasteiger partial charge on any atom is 0.353 e. The molecule has 7 heteroatoms. The van der Waals surface area contributed by atoms with Gasteiger partial charge in [0.2, 0.25) is 5.88 Å². The minimum Gasteiger partial charge on any atom is -0.473 e. The van der Waals surface area contributed by atoms with E-state index in [-0.39, 0.29) is 12.1 Å². The summed E-state index contributed by atoms with van der Waals surface area (Å²) in [6, 6.07) is 0.853. The molecule has 0 radical (unpaired) electrons. The standard InChI is InChI=1S/C17H28N2O4S/c1-5-22-17(20)15-16(19-12(3)24-15)23-14-8-6-13(7-9-14)18-11(2)10-21-4/h11,13-14,18H,5-10H2,1-4H3/t11-,13?,14?/m1/s1. The topological polar surface area (TPSA) is 69.7 Å². The monoisotopic (exact) mass is 356 g/mol. The second-order valence-corrected chi connectivity index (χ2v) is 7.41. The van der Waals surface area contributed by atoms with Crippen LogP contribution in [-0.4, -0.2) is 49.5 Å². The van der Waals surface area contributed by atoms with Crippen molar-refractivity contribution in [3.8, 4) is 5.88 Å². The Labute approximate surface area is 147 Å². The number of hydrogen-bond donors (Lipinski definition) is 1. The Balaban J connectivity index is 1.87. The van der Waals surface area contributed by atoms with Crippen molar-refractivity contribution in [3.05, 3.63) is 9.88 Å². The molecule has 0 aliphatic heterocycles. The first-order valence-electron chi connectivity index (χ1n) is 8.59. The van der Waals surface area contributed by atoms with E-state index in [1.165, 1.54) is 11.3 Å². The van der Waals surface area contributed by atoms with Gasteiger partial charge in [0, 0.05) is 19.2 Å². The molecule has 1 fully saturated rings. The summed E-state index contributed by atoms with van der Waals surface area (Å²) in [6.07, 6.45) is 4.12. The lowest BCUT2D eigenvalue weighted by molar-refractivity contribution is 0.0520. The second-order valence-electron chi connectivity index (χ2n) is 6.20. The van der Waals surface area contributed by atoms with Crippen LogP contribution < -0.4 is 10.1 Å². The van der Waals surface area contributed by atoms with E-state index in [0.717, 1.165) is 37.3 Å². The van der Waals surface area contributed by atoms with E-state index in [9.17, 15) is 4.79 Å². The van der Waals surface area contributed by atoms with Crippen molar-refractivity contribution >= 4 is 17.3 Å². The lowest BCUT2D eigenvalue weighted by Crippen LogP contribution is -2.42. The summed E-state index contributed by atoms with van der Waals surface area (Å²) < 4.78 is 16.3. The summed E-state index contributed by atoms with van der Waals surface area (Å²) in [5.74, 6) is 0.0851. The highest BCUT2D eigenvalue weighted by atomic mass is 32.1. The number of rotatable bonds is 8. The van der Waals surface area contributed by atoms with Crippen molar-refractivity contribution in [3.63, 3.8) is 0 Å². The smallest absolute Gasteiger partial charge is 0.353 e. The average Bonchev–Trinajstić information content (AvgIpc) is 2.90. The Morgan fingerprint density at radius 3 is 2.71 bits per heavy atom. The number of methoxy groups -OCH3 is 1. The van der Waals surface area contributed by atoms with Crippen molar-refractivity contribution in [2.75, 3.05) is 20.3 Å². The molecule has 24 heavy (non-hydrogen) atoms. The first-order chi connectivity index (χ1) is 11.5. The summed E-state index contributed by atoms with van der Waals surface area (Å²) >= 11 is 1.33. The van der Waals surface area contributed by atoms with Crippen molar-refractivity contribution < 1.29 is 19.0 Å². The number of esters is 1. The molecule has 0 unspecified atom stereocenters. The molecular formula is C17H28N2O4S. The number of carbonyl (C=O) groups is 1. The SMILES string of the molecule is CCOC(=O)c1sc(C)nc1OC1CCC(N[C@H](C)COC)CC1. The van der Waals surface area contributed by atoms with E-state index in [2.05, 4.69) is 17.2 Å². The number of ether oxygens (including phenoxy) is 3. The second kappa shape index (κ2) is 9.34. The Morgan fingerprint density at radius 1 is 1.38 bits per heavy atom. The number of hydrogen-bond acceptors (Lipinski definition) is 7. The molecule has 1 atom stereocenters. The van der Waals surface area contributed by atoms with Crippen LogP contribution in [0, 0.1) is 6.92 Å². The zero-order valence-corrected chi connectivity index (χ0v) is 15.8. The van der Waals surface area contributed by atoms with Crippen molar-refractivity contribution in [2.24, 2.45) is 0 Å². The molecule has 1 N–H and O–H groups in total. The van der Waals surface area contributed by atoms with Gasteiger partial charge in [-0.2, -0.15) is 0 Å². The van der Waals surface area contributed by atoms with Crippen molar-refractivity contribution in [2.45, 2.75) is 64.6 Å². The van der Waals surface area contributed by atoms with Gasteiger partial charge in [0.25, 0.3) is 0 Å². The van der Waals surface area contributed by atoms with Crippen LogP contribution in [0.25, 0.3) is 0 Å². The number of thiazole rings is 1. The third-order valence-electron chi connectivity index (χ3n) is 4.05. The molecule has 6 nitrogen and oxygen atoms in total. The van der Waals surface area contributed by atoms with Gasteiger partial charge >= 0.3 is 5.97 Å². The fourth-order valence-electron chi connectivity index (χ4n) is 3.02. The lowest BCUT2D eigenvalue weighted by Gasteiger charge is -2.31. The van der Waals surface area contributed by atoms with Crippen LogP contribution in [0.2, 0.25) is 0 Å². The van der Waals surface area contributed by atoms with Gasteiger partial charge in [-0.3, -0.25) is 0 Å². The highest BCUT2D eigenvalue weighted by Gasteiger charge is 2.27. The Morgan fingerprint density at radius 2 is 2.08 bits per heavy atom. The first-order valence-corrected chi connectivity index (χ1v) is 9.41. The van der Waals surface area contributed by atoms with Gasteiger partial charge in [-0.05, 0) is 46.5 Å². The zero-order valence-electron chi connectivity index (χ0n) is 15.0. The maximum absolute atomic E-state index is 12.0. The van der Waals surface area contributed by atoms with Gasteiger partial charge < -0.3 is 19.5 Å². The summed E-state index contributed by atoms with van der Waals surface area (Å²) in [7, 11) is 1.72. The van der Waals surface area contributed by atoms with Gasteiger partial charge in [-0.15, -0.1) is 11.3 Å². The Hall–Kier alpha value is -1.18. The number of carbonyl (C=O) groups excluding carboxylic acids is 1. The molecule has 1 heterocycles. The van der Waals surface area contributed by atoms with Gasteiger partial charge in [0.15, 0.2) is 4.88 Å². The summed E-state index contributed by atoms with van der Waals surface area (Å²) in [5.41, 5.74) is 0. The van der Waals surface area contributed by atoms with Crippen LogP contribution in [0.1, 0.15) is 54.2 Å². The van der Waals surface area contributed by atoms with Crippen LogP contribution in [-0.2, 0) is 9.47 Å². The zero-order chi connectivity index (χ0) is 17.5. The molecule has 2 rings (SSSR count). The van der Waals surface area contributed by atoms with E-state index >= 15 is 0 Å². The molecule has 1 saturated carbocycles. The van der Waals surface area contributed by atoms with Crippen LogP contribution in [0.15, 0.2) is 0 Å². The Kier molecular flexibility index (Phi) is 7.45. The average molecular weight is 356 g/mol. The highest BCUT2D eigenvalue weighted by molar-refractivity contribution is 7.13. The minimum atomic E-state index is -0.346. The number of aryl methyl sites for hydroxylation is 1. The van der Waals surface area contributed by atoms with Gasteiger partial charge in [-0.1, -0.05) is 0 Å². The molecule has 1 aromatic rings. The van der Waals surface area contributed by atoms with Gasteiger partial charge in [0.1, 0.15) is 6.10 Å². The van der Waals surface area contributed by atoms with E-state index < -0.39 is 0 Å². The summed E-state index contributed by atoms with van der Waals surface area (Å²) in [4.78, 5) is 16.8. The predicted octanol–water partition coefficient (Wildman–Crippen LogP) is 2.94. The lowest BCUT2D eigenvalue weighted by atomic mass is 9.92. The van der Waals surface area contributed by atoms with Crippen LogP contribution in [0.3, 0.4) is 0 Å². The highest BCUT2D eigenvalue weighted by Crippen LogP contribution is 2.30. The largest absolute Gasteiger partial charge is 0.473 e. The fourth-order valence-corrected chi connectivity index (χ4v) is 3.77. The number of aromatic nitrogens is 1. The van der Waals surface area contributed by atoms with Gasteiger partial charge in [-0.25, -0.2) is 9.78 Å². The molecule has 0 saturated heterocycles. The maximum atomic E-state index is 12.0. The molecule has 1 aromatic heterocycles. The van der Waals surface area contributed by atoms with Crippen LogP contribution in [0.5, 0.6) is 5.88 Å². The predicted molar refractivity (Wildman–Crippen MR) is 94.0 cm³/mol. The van der Waals surface area contributed by atoms with Crippen molar-refractivity contribution in [1.82, 2.24) is 10.3 Å². The molecule has 0 bridgehead atoms. The van der Waals surface area contributed by atoms with Gasteiger partial charge in [0.05, 0.1) is 18.2 Å². The molecular weight excluding hydrogens is 328 g/mol. The third kappa shape index (κ3) is 5.43. The van der Waals surface area contributed by atoms with E-state index in [0.29, 0.717) is 29.4 Å². The van der Waals surface area contributed by atoms with E-state index in [1.54, 1.807) is 14.0 Å². The summed E-state index contributed by atoms with van der Waals surface area (Å²) in [6.45, 7) is 6.88. The first kappa shape index (κ1) is 19.1.